The molecule has 2 atom stereocenters. The average Bonchev–Trinajstić information content (AvgIpc) is 3.72. The van der Waals surface area contributed by atoms with Gasteiger partial charge >= 0.3 is 11.9 Å². The van der Waals surface area contributed by atoms with Crippen LogP contribution < -0.4 is 11.1 Å². The van der Waals surface area contributed by atoms with E-state index in [4.69, 9.17) is 15.4 Å². The van der Waals surface area contributed by atoms with E-state index in [9.17, 15) is 29.4 Å². The van der Waals surface area contributed by atoms with E-state index in [1.807, 2.05) is 30.3 Å². The number of nitrogen functional groups attached to an aromatic ring is 1. The number of amides is 2. The number of nitrogens with one attached hydrogen (secondary N) is 1. The number of aliphatic carboxylic acids is 2. The molecule has 21 heteroatoms. The van der Waals surface area contributed by atoms with Crippen LogP contribution in [0.25, 0.3) is 0 Å². The van der Waals surface area contributed by atoms with Gasteiger partial charge in [0, 0.05) is 16.9 Å². The first-order chi connectivity index (χ1) is 23.2. The predicted octanol–water partition coefficient (Wildman–Crippen LogP) is 0.807. The van der Waals surface area contributed by atoms with Gasteiger partial charge in [-0.25, -0.2) is 19.3 Å². The lowest BCUT2D eigenvalue weighted by molar-refractivity contribution is -0.150. The number of anilines is 1. The lowest BCUT2D eigenvalue weighted by Gasteiger charge is -2.49. The number of fused-ring (bicyclic) bond motifs is 1. The maximum Gasteiger partial charge on any atom is 0.355 e. The maximum atomic E-state index is 13.4. The molecule has 2 amide bonds. The third-order valence-corrected chi connectivity index (χ3v) is 9.59. The van der Waals surface area contributed by atoms with Crippen LogP contribution in [-0.4, -0.2) is 105 Å². The van der Waals surface area contributed by atoms with Crippen LogP contribution in [0.1, 0.15) is 11.3 Å². The summed E-state index contributed by atoms with van der Waals surface area (Å²) in [6, 6.07) is 8.11. The van der Waals surface area contributed by atoms with Crippen molar-refractivity contribution in [1.82, 2.24) is 35.4 Å². The summed E-state index contributed by atoms with van der Waals surface area (Å²) in [4.78, 5) is 66.2. The third-order valence-electron chi connectivity index (χ3n) is 6.53. The molecule has 0 spiro atoms. The number of hydrogen-bond donors (Lipinski definition) is 4. The number of oxime groups is 2. The first-order valence-electron chi connectivity index (χ1n) is 13.8. The number of thiazole rings is 1. The number of benzene rings is 1. The Morgan fingerprint density at radius 3 is 2.69 bits per heavy atom. The van der Waals surface area contributed by atoms with Gasteiger partial charge in [-0.3, -0.25) is 14.5 Å². The second-order valence-electron chi connectivity index (χ2n) is 9.72. The highest BCUT2D eigenvalue weighted by Crippen LogP contribution is 2.41. The molecule has 0 saturated carbocycles. The van der Waals surface area contributed by atoms with Gasteiger partial charge in [-0.1, -0.05) is 65.1 Å². The second kappa shape index (κ2) is 15.5. The fourth-order valence-corrected chi connectivity index (χ4v) is 7.26. The van der Waals surface area contributed by atoms with E-state index in [-0.39, 0.29) is 64.4 Å². The molecule has 0 radical (unpaired) electrons. The summed E-state index contributed by atoms with van der Waals surface area (Å²) < 4.78 is 1.17. The van der Waals surface area contributed by atoms with Crippen LogP contribution in [0, 0.1) is 0 Å². The lowest BCUT2D eigenvalue weighted by atomic mass is 10.0. The highest BCUT2D eigenvalue weighted by Gasteiger charge is 2.54. The van der Waals surface area contributed by atoms with Crippen LogP contribution in [-0.2, 0) is 42.0 Å². The van der Waals surface area contributed by atoms with Crippen LogP contribution in [0.3, 0.4) is 0 Å². The smallest absolute Gasteiger partial charge is 0.355 e. The SMILES string of the molecule is C=CCO/N=C(/Cn1nnnc1SCC1=C(C(=O)O)N2C(=O)C(NC(=O)/C(=N/OCc3ccccc3)c3csc(N)n3)[C@H]2SC1)C(=O)O. The molecule has 2 aromatic heterocycles. The lowest BCUT2D eigenvalue weighted by Crippen LogP contribution is -2.71. The van der Waals surface area contributed by atoms with E-state index >= 15 is 0 Å². The Labute approximate surface area is 283 Å². The van der Waals surface area contributed by atoms with E-state index in [0.717, 1.165) is 33.6 Å². The molecule has 3 aromatic rings. The van der Waals surface area contributed by atoms with Crippen molar-refractivity contribution in [3.8, 4) is 0 Å². The van der Waals surface area contributed by atoms with Gasteiger partial charge in [-0.2, -0.15) is 0 Å². The van der Waals surface area contributed by atoms with Gasteiger partial charge in [0.1, 0.15) is 36.0 Å². The molecular formula is C27H26N10O8S3. The van der Waals surface area contributed by atoms with Crippen molar-refractivity contribution < 1.29 is 39.1 Å². The van der Waals surface area contributed by atoms with Crippen molar-refractivity contribution in [2.45, 2.75) is 29.7 Å². The predicted molar refractivity (Wildman–Crippen MR) is 174 cm³/mol. The molecule has 48 heavy (non-hydrogen) atoms. The summed E-state index contributed by atoms with van der Waals surface area (Å²) in [7, 11) is 0. The topological polar surface area (TPSA) is 250 Å². The molecule has 5 N–H and O–H groups in total. The maximum absolute atomic E-state index is 13.4. The second-order valence-corrected chi connectivity index (χ2v) is 12.7. The Hall–Kier alpha value is -5.28. The average molecular weight is 715 g/mol. The molecule has 18 nitrogen and oxygen atoms in total. The largest absolute Gasteiger partial charge is 0.477 e. The zero-order valence-electron chi connectivity index (χ0n) is 24.7. The fraction of sp³-hybridized carbons (Fsp3) is 0.259. The molecule has 250 valence electrons. The summed E-state index contributed by atoms with van der Waals surface area (Å²) in [5.41, 5.74) is 6.34. The zero-order chi connectivity index (χ0) is 34.2. The normalized spacial score (nSPS) is 17.8. The van der Waals surface area contributed by atoms with Gasteiger partial charge < -0.3 is 30.9 Å². The van der Waals surface area contributed by atoms with Gasteiger partial charge in [-0.15, -0.1) is 28.2 Å². The van der Waals surface area contributed by atoms with Crippen LogP contribution in [0.15, 0.2) is 75.1 Å². The monoisotopic (exact) mass is 714 g/mol. The van der Waals surface area contributed by atoms with Gasteiger partial charge in [0.05, 0.1) is 6.54 Å². The fourth-order valence-electron chi connectivity index (χ4n) is 4.35. The van der Waals surface area contributed by atoms with Gasteiger partial charge in [0.25, 0.3) is 11.8 Å². The molecule has 1 aromatic carbocycles. The number of carbonyl (C=O) groups excluding carboxylic acids is 2. The molecule has 0 bridgehead atoms. The summed E-state index contributed by atoms with van der Waals surface area (Å²) >= 11 is 3.40. The Balaban J connectivity index is 1.27. The number of hydrogen-bond acceptors (Lipinski definition) is 16. The molecule has 4 heterocycles. The first kappa shape index (κ1) is 34.1. The van der Waals surface area contributed by atoms with E-state index in [0.29, 0.717) is 5.57 Å². The number of nitrogens with two attached hydrogens (primary N) is 1. The number of carboxylic acid groups (broad SMARTS) is 2. The van der Waals surface area contributed by atoms with Gasteiger partial charge in [0.2, 0.25) is 5.16 Å². The zero-order valence-corrected chi connectivity index (χ0v) is 27.1. The minimum absolute atomic E-state index is 0.00260. The first-order valence-corrected chi connectivity index (χ1v) is 16.7. The highest BCUT2D eigenvalue weighted by atomic mass is 32.2. The van der Waals surface area contributed by atoms with Gasteiger partial charge in [0.15, 0.2) is 16.6 Å². The Morgan fingerprint density at radius 2 is 2.00 bits per heavy atom. The quantitative estimate of drug-likeness (QED) is 0.0400. The van der Waals surface area contributed by atoms with Crippen molar-refractivity contribution in [3.05, 3.63) is 70.9 Å². The summed E-state index contributed by atoms with van der Waals surface area (Å²) in [6.07, 6.45) is 1.40. The Kier molecular flexibility index (Phi) is 11.0. The summed E-state index contributed by atoms with van der Waals surface area (Å²) in [5.74, 6) is -3.78. The van der Waals surface area contributed by atoms with Crippen molar-refractivity contribution >= 4 is 75.2 Å². The number of carboxylic acids is 2. The third kappa shape index (κ3) is 7.81. The van der Waals surface area contributed by atoms with E-state index < -0.39 is 35.2 Å². The molecule has 2 aliphatic rings. The molecule has 2 aliphatic heterocycles. The van der Waals surface area contributed by atoms with E-state index in [1.165, 1.54) is 27.9 Å². The number of nitrogens with zero attached hydrogens (tertiary/aromatic N) is 8. The molecule has 1 saturated heterocycles. The number of rotatable bonds is 16. The van der Waals surface area contributed by atoms with Crippen molar-refractivity contribution in [3.63, 3.8) is 0 Å². The number of carbonyl (C=O) groups is 4. The van der Waals surface area contributed by atoms with Crippen molar-refractivity contribution in [2.75, 3.05) is 23.8 Å². The number of β-lactam (4-membered cyclic amide) rings is 1. The number of tetrazole rings is 1. The van der Waals surface area contributed by atoms with Crippen molar-refractivity contribution in [2.24, 2.45) is 10.3 Å². The van der Waals surface area contributed by atoms with Gasteiger partial charge in [-0.05, 0) is 21.6 Å². The molecule has 0 aliphatic carbocycles. The molecule has 1 fully saturated rings. The van der Waals surface area contributed by atoms with Crippen LogP contribution in [0.5, 0.6) is 0 Å². The number of aromatic nitrogens is 5. The Morgan fingerprint density at radius 1 is 1.21 bits per heavy atom. The highest BCUT2D eigenvalue weighted by molar-refractivity contribution is 8.01. The standard InChI is InChI=1S/C27H26N10O8S3/c1-2-8-44-32-16(24(40)41)9-36-27(31-34-35-36)48-12-15-11-46-23-19(22(39)37(23)20(15)25(42)43)30-21(38)18(17-13-47-26(28)29-17)33-45-10-14-6-4-3-5-7-14/h2-7,13,19,23H,1,8-12H2,(H2,28,29)(H,30,38)(H,40,41)(H,42,43)/b32-16-,33-18+/t19?,23-/m1/s1. The molecule has 1 unspecified atom stereocenters. The Bertz CT molecular complexity index is 1810. The van der Waals surface area contributed by atoms with Crippen LogP contribution in [0.4, 0.5) is 5.13 Å². The summed E-state index contributed by atoms with van der Waals surface area (Å²) in [6.45, 7) is 3.21. The van der Waals surface area contributed by atoms with Crippen LogP contribution >= 0.6 is 34.9 Å². The molecule has 5 rings (SSSR count). The minimum atomic E-state index is -1.34. The minimum Gasteiger partial charge on any atom is -0.477 e. The van der Waals surface area contributed by atoms with Crippen LogP contribution in [0.2, 0.25) is 0 Å². The van der Waals surface area contributed by atoms with Crippen molar-refractivity contribution in [1.29, 1.82) is 0 Å². The van der Waals surface area contributed by atoms with E-state index in [2.05, 4.69) is 42.7 Å². The molecular weight excluding hydrogens is 689 g/mol. The van der Waals surface area contributed by atoms with E-state index in [1.54, 1.807) is 0 Å². The summed E-state index contributed by atoms with van der Waals surface area (Å²) in [5, 5.41) is 42.2. The number of thioether (sulfide) groups is 2.